The summed E-state index contributed by atoms with van der Waals surface area (Å²) in [6, 6.07) is 3.96. The SMILES string of the molecule is Cc1c(/C=C/CN)ccc2c1OCCO2. The molecule has 1 aliphatic rings. The topological polar surface area (TPSA) is 44.5 Å². The number of benzene rings is 1. The van der Waals surface area contributed by atoms with Gasteiger partial charge >= 0.3 is 0 Å². The van der Waals surface area contributed by atoms with Crippen molar-refractivity contribution in [1.82, 2.24) is 0 Å². The maximum absolute atomic E-state index is 5.58. The first-order valence-electron chi connectivity index (χ1n) is 5.08. The highest BCUT2D eigenvalue weighted by atomic mass is 16.6. The molecule has 1 aromatic rings. The van der Waals surface area contributed by atoms with Gasteiger partial charge in [-0.05, 0) is 18.6 Å². The van der Waals surface area contributed by atoms with Gasteiger partial charge < -0.3 is 15.2 Å². The summed E-state index contributed by atoms with van der Waals surface area (Å²) in [6.07, 6.45) is 3.94. The molecular formula is C12H15NO2. The van der Waals surface area contributed by atoms with Gasteiger partial charge in [-0.25, -0.2) is 0 Å². The fraction of sp³-hybridized carbons (Fsp3) is 0.333. The fourth-order valence-corrected chi connectivity index (χ4v) is 1.65. The Hall–Kier alpha value is -1.48. The van der Waals surface area contributed by atoms with Gasteiger partial charge in [-0.3, -0.25) is 0 Å². The Morgan fingerprint density at radius 3 is 2.93 bits per heavy atom. The van der Waals surface area contributed by atoms with Gasteiger partial charge in [0.25, 0.3) is 0 Å². The summed E-state index contributed by atoms with van der Waals surface area (Å²) >= 11 is 0. The molecule has 15 heavy (non-hydrogen) atoms. The van der Waals surface area contributed by atoms with Crippen LogP contribution in [-0.2, 0) is 0 Å². The molecule has 2 N–H and O–H groups in total. The second-order valence-electron chi connectivity index (χ2n) is 3.44. The van der Waals surface area contributed by atoms with Crippen LogP contribution in [0.1, 0.15) is 11.1 Å². The van der Waals surface area contributed by atoms with Crippen molar-refractivity contribution in [3.05, 3.63) is 29.3 Å². The molecule has 0 spiro atoms. The van der Waals surface area contributed by atoms with Crippen molar-refractivity contribution < 1.29 is 9.47 Å². The van der Waals surface area contributed by atoms with Crippen molar-refractivity contribution >= 4 is 6.08 Å². The number of ether oxygens (including phenoxy) is 2. The quantitative estimate of drug-likeness (QED) is 0.799. The molecule has 3 heteroatoms. The predicted octanol–water partition coefficient (Wildman–Crippen LogP) is 1.74. The molecule has 0 unspecified atom stereocenters. The summed E-state index contributed by atoms with van der Waals surface area (Å²) in [5.74, 6) is 1.70. The third-order valence-electron chi connectivity index (χ3n) is 2.43. The van der Waals surface area contributed by atoms with E-state index >= 15 is 0 Å². The summed E-state index contributed by atoms with van der Waals surface area (Å²) in [4.78, 5) is 0. The second kappa shape index (κ2) is 4.36. The van der Waals surface area contributed by atoms with Gasteiger partial charge in [0.1, 0.15) is 13.2 Å². The zero-order chi connectivity index (χ0) is 10.7. The van der Waals surface area contributed by atoms with Crippen molar-refractivity contribution in [2.45, 2.75) is 6.92 Å². The maximum atomic E-state index is 5.58. The summed E-state index contributed by atoms with van der Waals surface area (Å²) in [6.45, 7) is 3.83. The molecule has 0 saturated heterocycles. The van der Waals surface area contributed by atoms with E-state index in [9.17, 15) is 0 Å². The van der Waals surface area contributed by atoms with Crippen LogP contribution in [0.25, 0.3) is 6.08 Å². The molecule has 0 bridgehead atoms. The average molecular weight is 205 g/mol. The van der Waals surface area contributed by atoms with Crippen molar-refractivity contribution in [1.29, 1.82) is 0 Å². The van der Waals surface area contributed by atoms with E-state index < -0.39 is 0 Å². The highest BCUT2D eigenvalue weighted by Gasteiger charge is 2.15. The van der Waals surface area contributed by atoms with Gasteiger partial charge in [-0.15, -0.1) is 0 Å². The molecule has 0 aliphatic carbocycles. The molecular weight excluding hydrogens is 190 g/mol. The Labute approximate surface area is 89.5 Å². The lowest BCUT2D eigenvalue weighted by atomic mass is 10.1. The largest absolute Gasteiger partial charge is 0.486 e. The van der Waals surface area contributed by atoms with E-state index in [1.807, 2.05) is 31.2 Å². The number of hydrogen-bond acceptors (Lipinski definition) is 3. The van der Waals surface area contributed by atoms with E-state index in [0.717, 1.165) is 22.6 Å². The van der Waals surface area contributed by atoms with Crippen LogP contribution < -0.4 is 15.2 Å². The Balaban J connectivity index is 2.38. The van der Waals surface area contributed by atoms with E-state index in [1.54, 1.807) is 0 Å². The third-order valence-corrected chi connectivity index (χ3v) is 2.43. The molecule has 1 heterocycles. The van der Waals surface area contributed by atoms with Crippen LogP contribution in [0, 0.1) is 6.92 Å². The highest BCUT2D eigenvalue weighted by molar-refractivity contribution is 5.62. The van der Waals surface area contributed by atoms with E-state index in [4.69, 9.17) is 15.2 Å². The van der Waals surface area contributed by atoms with Gasteiger partial charge in [0.15, 0.2) is 11.5 Å². The molecule has 1 aliphatic heterocycles. The van der Waals surface area contributed by atoms with Gasteiger partial charge in [-0.2, -0.15) is 0 Å². The van der Waals surface area contributed by atoms with Crippen LogP contribution in [0.3, 0.4) is 0 Å². The number of rotatable bonds is 2. The van der Waals surface area contributed by atoms with Crippen molar-refractivity contribution in [2.24, 2.45) is 5.73 Å². The zero-order valence-corrected chi connectivity index (χ0v) is 8.82. The fourth-order valence-electron chi connectivity index (χ4n) is 1.65. The molecule has 0 fully saturated rings. The van der Waals surface area contributed by atoms with Gasteiger partial charge in [0.2, 0.25) is 0 Å². The van der Waals surface area contributed by atoms with Crippen LogP contribution in [0.4, 0.5) is 0 Å². The van der Waals surface area contributed by atoms with Crippen molar-refractivity contribution in [3.63, 3.8) is 0 Å². The molecule has 0 aromatic heterocycles. The summed E-state index contributed by atoms with van der Waals surface area (Å²) in [5, 5.41) is 0. The Kier molecular flexibility index (Phi) is 2.92. The Morgan fingerprint density at radius 1 is 1.33 bits per heavy atom. The van der Waals surface area contributed by atoms with Crippen LogP contribution >= 0.6 is 0 Å². The van der Waals surface area contributed by atoms with Crippen molar-refractivity contribution in [3.8, 4) is 11.5 Å². The van der Waals surface area contributed by atoms with Crippen LogP contribution in [0.2, 0.25) is 0 Å². The number of hydrogen-bond donors (Lipinski definition) is 1. The van der Waals surface area contributed by atoms with Crippen LogP contribution in [-0.4, -0.2) is 19.8 Å². The normalized spacial score (nSPS) is 14.5. The monoisotopic (exact) mass is 205 g/mol. The maximum Gasteiger partial charge on any atom is 0.164 e. The third kappa shape index (κ3) is 1.97. The van der Waals surface area contributed by atoms with Gasteiger partial charge in [-0.1, -0.05) is 18.2 Å². The minimum Gasteiger partial charge on any atom is -0.486 e. The molecule has 0 atom stereocenters. The minimum absolute atomic E-state index is 0.549. The first-order chi connectivity index (χ1) is 7.33. The molecule has 0 radical (unpaired) electrons. The smallest absolute Gasteiger partial charge is 0.164 e. The first-order valence-corrected chi connectivity index (χ1v) is 5.08. The summed E-state index contributed by atoms with van der Waals surface area (Å²) in [7, 11) is 0. The minimum atomic E-state index is 0.549. The Bertz CT molecular complexity index is 385. The highest BCUT2D eigenvalue weighted by Crippen LogP contribution is 2.35. The summed E-state index contributed by atoms with van der Waals surface area (Å²) in [5.41, 5.74) is 7.66. The predicted molar refractivity (Wildman–Crippen MR) is 60.3 cm³/mol. The van der Waals surface area contributed by atoms with E-state index in [2.05, 4.69) is 0 Å². The average Bonchev–Trinajstić information content (AvgIpc) is 2.29. The molecule has 3 nitrogen and oxygen atoms in total. The molecule has 80 valence electrons. The van der Waals surface area contributed by atoms with Crippen molar-refractivity contribution in [2.75, 3.05) is 19.8 Å². The van der Waals surface area contributed by atoms with E-state index in [-0.39, 0.29) is 0 Å². The second-order valence-corrected chi connectivity index (χ2v) is 3.44. The van der Waals surface area contributed by atoms with Crippen LogP contribution in [0.5, 0.6) is 11.5 Å². The Morgan fingerprint density at radius 2 is 2.13 bits per heavy atom. The summed E-state index contributed by atoms with van der Waals surface area (Å²) < 4.78 is 11.1. The lowest BCUT2D eigenvalue weighted by Gasteiger charge is -2.21. The van der Waals surface area contributed by atoms with Crippen LogP contribution in [0.15, 0.2) is 18.2 Å². The lowest BCUT2D eigenvalue weighted by Crippen LogP contribution is -2.16. The standard InChI is InChI=1S/C12H15NO2/c1-9-10(3-2-6-13)4-5-11-12(9)15-8-7-14-11/h2-5H,6-8,13H2,1H3/b3-2+. The van der Waals surface area contributed by atoms with E-state index in [1.165, 1.54) is 0 Å². The molecule has 0 saturated carbocycles. The number of fused-ring (bicyclic) bond motifs is 1. The molecule has 2 rings (SSSR count). The lowest BCUT2D eigenvalue weighted by molar-refractivity contribution is 0.170. The van der Waals surface area contributed by atoms with Gasteiger partial charge in [0.05, 0.1) is 0 Å². The molecule has 1 aromatic carbocycles. The van der Waals surface area contributed by atoms with E-state index in [0.29, 0.717) is 19.8 Å². The first kappa shape index (κ1) is 10.1. The zero-order valence-electron chi connectivity index (χ0n) is 8.82. The molecule has 0 amide bonds. The van der Waals surface area contributed by atoms with Gasteiger partial charge in [0, 0.05) is 12.1 Å². The number of nitrogens with two attached hydrogens (primary N) is 1.